The van der Waals surface area contributed by atoms with E-state index in [0.717, 1.165) is 11.1 Å². The van der Waals surface area contributed by atoms with E-state index in [0.29, 0.717) is 17.2 Å². The molecular weight excluding hydrogens is 374 g/mol. The molecule has 0 aliphatic carbocycles. The molecule has 0 atom stereocenters. The quantitative estimate of drug-likeness (QED) is 0.748. The van der Waals surface area contributed by atoms with Crippen LogP contribution in [0.25, 0.3) is 0 Å². The lowest BCUT2D eigenvalue weighted by atomic mass is 10.1. The Labute approximate surface area is 168 Å². The predicted molar refractivity (Wildman–Crippen MR) is 107 cm³/mol. The summed E-state index contributed by atoms with van der Waals surface area (Å²) in [5.41, 5.74) is 6.98. The molecule has 1 aliphatic heterocycles. The minimum atomic E-state index is -0.532. The summed E-state index contributed by atoms with van der Waals surface area (Å²) < 4.78 is 11.1. The summed E-state index contributed by atoms with van der Waals surface area (Å²) in [7, 11) is 0. The van der Waals surface area contributed by atoms with Crippen LogP contribution in [0.1, 0.15) is 17.5 Å². The molecule has 8 heteroatoms. The lowest BCUT2D eigenvalue weighted by Gasteiger charge is -2.21. The lowest BCUT2D eigenvalue weighted by molar-refractivity contribution is -0.129. The number of benzene rings is 2. The van der Waals surface area contributed by atoms with Gasteiger partial charge in [-0.2, -0.15) is 0 Å². The van der Waals surface area contributed by atoms with Crippen LogP contribution >= 0.6 is 0 Å². The molecule has 2 aromatic rings. The summed E-state index contributed by atoms with van der Waals surface area (Å²) in [6, 6.07) is 12.7. The summed E-state index contributed by atoms with van der Waals surface area (Å²) in [6.45, 7) is 3.55. The van der Waals surface area contributed by atoms with Crippen molar-refractivity contribution in [2.24, 2.45) is 0 Å². The number of nitrogens with zero attached hydrogens (tertiary/aromatic N) is 1. The number of hydrazine groups is 1. The summed E-state index contributed by atoms with van der Waals surface area (Å²) >= 11 is 0. The molecule has 152 valence electrons. The van der Waals surface area contributed by atoms with Crippen molar-refractivity contribution in [3.05, 3.63) is 53.6 Å². The van der Waals surface area contributed by atoms with Gasteiger partial charge in [0.1, 0.15) is 18.0 Å². The molecule has 0 bridgehead atoms. The second-order valence-electron chi connectivity index (χ2n) is 6.65. The Morgan fingerprint density at radius 2 is 1.72 bits per heavy atom. The largest absolute Gasteiger partial charge is 0.491 e. The Balaban J connectivity index is 1.53. The van der Waals surface area contributed by atoms with Gasteiger partial charge in [-0.3, -0.25) is 30.1 Å². The number of aryl methyl sites for hydroxylation is 2. The maximum Gasteiger partial charge on any atom is 0.276 e. The fourth-order valence-electron chi connectivity index (χ4n) is 3.02. The first-order valence-electron chi connectivity index (χ1n) is 9.24. The van der Waals surface area contributed by atoms with E-state index in [4.69, 9.17) is 9.47 Å². The first kappa shape index (κ1) is 20.2. The number of nitrogens with one attached hydrogen (secondary N) is 2. The third kappa shape index (κ3) is 5.04. The van der Waals surface area contributed by atoms with Crippen molar-refractivity contribution in [2.75, 3.05) is 24.7 Å². The number of hydrogen-bond donors (Lipinski definition) is 2. The summed E-state index contributed by atoms with van der Waals surface area (Å²) in [5, 5.41) is 0. The van der Waals surface area contributed by atoms with Crippen LogP contribution in [0.15, 0.2) is 42.5 Å². The number of anilines is 1. The van der Waals surface area contributed by atoms with Gasteiger partial charge in [-0.25, -0.2) is 0 Å². The van der Waals surface area contributed by atoms with E-state index in [1.807, 2.05) is 32.0 Å². The van der Waals surface area contributed by atoms with Crippen LogP contribution in [0.2, 0.25) is 0 Å². The Hall–Kier alpha value is -3.55. The number of para-hydroxylation sites is 3. The molecule has 0 saturated carbocycles. The highest BCUT2D eigenvalue weighted by Gasteiger charge is 2.25. The molecule has 1 aliphatic rings. The molecule has 1 heterocycles. The molecule has 3 rings (SSSR count). The maximum atomic E-state index is 12.3. The van der Waals surface area contributed by atoms with Gasteiger partial charge in [0, 0.05) is 0 Å². The Bertz CT molecular complexity index is 908. The average molecular weight is 397 g/mol. The molecule has 3 amide bonds. The first-order valence-corrected chi connectivity index (χ1v) is 9.24. The van der Waals surface area contributed by atoms with Crippen LogP contribution in [-0.2, 0) is 14.4 Å². The van der Waals surface area contributed by atoms with Gasteiger partial charge in [0.05, 0.1) is 18.7 Å². The second kappa shape index (κ2) is 9.09. The highest BCUT2D eigenvalue weighted by molar-refractivity contribution is 6.00. The van der Waals surface area contributed by atoms with E-state index >= 15 is 0 Å². The van der Waals surface area contributed by atoms with Gasteiger partial charge in [0.15, 0.2) is 6.61 Å². The highest BCUT2D eigenvalue weighted by atomic mass is 16.5. The molecular formula is C21H23N3O5. The van der Waals surface area contributed by atoms with Crippen molar-refractivity contribution in [3.63, 3.8) is 0 Å². The number of hydrogen-bond acceptors (Lipinski definition) is 5. The van der Waals surface area contributed by atoms with Crippen molar-refractivity contribution >= 4 is 23.4 Å². The van der Waals surface area contributed by atoms with E-state index in [1.54, 1.807) is 24.3 Å². The Morgan fingerprint density at radius 1 is 1.03 bits per heavy atom. The zero-order chi connectivity index (χ0) is 20.8. The number of carbonyl (C=O) groups is 3. The molecule has 0 fully saturated rings. The van der Waals surface area contributed by atoms with Crippen molar-refractivity contribution in [2.45, 2.75) is 20.3 Å². The second-order valence-corrected chi connectivity index (χ2v) is 6.65. The van der Waals surface area contributed by atoms with Gasteiger partial charge < -0.3 is 9.47 Å². The molecule has 0 saturated heterocycles. The molecule has 0 aromatic heterocycles. The van der Waals surface area contributed by atoms with Crippen molar-refractivity contribution < 1.29 is 23.9 Å². The first-order chi connectivity index (χ1) is 14.0. The van der Waals surface area contributed by atoms with Crippen molar-refractivity contribution in [1.82, 2.24) is 10.9 Å². The maximum absolute atomic E-state index is 12.3. The number of carbonyl (C=O) groups excluding carboxylic acids is 3. The molecule has 0 spiro atoms. The Morgan fingerprint density at radius 3 is 2.48 bits per heavy atom. The van der Waals surface area contributed by atoms with Gasteiger partial charge in [-0.1, -0.05) is 30.3 Å². The molecule has 0 radical (unpaired) electrons. The molecule has 2 aromatic carbocycles. The SMILES string of the molecule is Cc1cccc(C)c1OCC(=O)NNC(=O)CN1C(=O)CCOc2ccccc21. The summed E-state index contributed by atoms with van der Waals surface area (Å²) in [6.07, 6.45) is 0.165. The standard InChI is InChI=1S/C21H23N3O5/c1-14-6-5-7-15(2)21(14)29-13-19(26)23-22-18(25)12-24-16-8-3-4-9-17(16)28-11-10-20(24)27/h3-9H,10-13H2,1-2H3,(H,22,25)(H,23,26). The van der Waals surface area contributed by atoms with E-state index in [-0.39, 0.29) is 32.1 Å². The topological polar surface area (TPSA) is 97.0 Å². The van der Waals surface area contributed by atoms with Gasteiger partial charge in [-0.05, 0) is 37.1 Å². The summed E-state index contributed by atoms with van der Waals surface area (Å²) in [4.78, 5) is 37.9. The van der Waals surface area contributed by atoms with Crippen LogP contribution < -0.4 is 25.2 Å². The smallest absolute Gasteiger partial charge is 0.276 e. The monoisotopic (exact) mass is 397 g/mol. The Kier molecular flexibility index (Phi) is 6.33. The molecule has 29 heavy (non-hydrogen) atoms. The fourth-order valence-corrected chi connectivity index (χ4v) is 3.02. The lowest BCUT2D eigenvalue weighted by Crippen LogP contribution is -2.49. The molecule has 8 nitrogen and oxygen atoms in total. The van der Waals surface area contributed by atoms with Crippen LogP contribution in [0.5, 0.6) is 11.5 Å². The summed E-state index contributed by atoms with van der Waals surface area (Å²) in [5.74, 6) is -0.0878. The zero-order valence-corrected chi connectivity index (χ0v) is 16.4. The fraction of sp³-hybridized carbons (Fsp3) is 0.286. The minimum Gasteiger partial charge on any atom is -0.491 e. The third-order valence-corrected chi connectivity index (χ3v) is 4.43. The van der Waals surface area contributed by atoms with Gasteiger partial charge in [0.2, 0.25) is 5.91 Å². The normalized spacial score (nSPS) is 13.0. The molecule has 2 N–H and O–H groups in total. The number of amides is 3. The van der Waals surface area contributed by atoms with Gasteiger partial charge in [0.25, 0.3) is 11.8 Å². The zero-order valence-electron chi connectivity index (χ0n) is 16.4. The number of ether oxygens (including phenoxy) is 2. The van der Waals surface area contributed by atoms with Crippen molar-refractivity contribution in [3.8, 4) is 11.5 Å². The van der Waals surface area contributed by atoms with E-state index < -0.39 is 11.8 Å². The van der Waals surface area contributed by atoms with E-state index in [9.17, 15) is 14.4 Å². The third-order valence-electron chi connectivity index (χ3n) is 4.43. The minimum absolute atomic E-state index is 0.165. The van der Waals surface area contributed by atoms with Crippen LogP contribution in [0.4, 0.5) is 5.69 Å². The number of fused-ring (bicyclic) bond motifs is 1. The van der Waals surface area contributed by atoms with Gasteiger partial charge in [-0.15, -0.1) is 0 Å². The predicted octanol–water partition coefficient (Wildman–Crippen LogP) is 1.65. The van der Waals surface area contributed by atoms with Crippen LogP contribution in [0.3, 0.4) is 0 Å². The molecule has 0 unspecified atom stereocenters. The number of rotatable bonds is 5. The van der Waals surface area contributed by atoms with Crippen molar-refractivity contribution in [1.29, 1.82) is 0 Å². The van der Waals surface area contributed by atoms with Crippen LogP contribution in [-0.4, -0.2) is 37.5 Å². The van der Waals surface area contributed by atoms with Gasteiger partial charge >= 0.3 is 0 Å². The highest BCUT2D eigenvalue weighted by Crippen LogP contribution is 2.30. The van der Waals surface area contributed by atoms with E-state index in [1.165, 1.54) is 4.90 Å². The van der Waals surface area contributed by atoms with E-state index in [2.05, 4.69) is 10.9 Å². The average Bonchev–Trinajstić information content (AvgIpc) is 2.85. The van der Waals surface area contributed by atoms with Crippen LogP contribution in [0, 0.1) is 13.8 Å².